The fourth-order valence-corrected chi connectivity index (χ4v) is 4.53. The Morgan fingerprint density at radius 3 is 3.00 bits per heavy atom. The summed E-state index contributed by atoms with van der Waals surface area (Å²) in [5.74, 6) is 1.25. The van der Waals surface area contributed by atoms with Gasteiger partial charge in [-0.15, -0.1) is 15.3 Å². The van der Waals surface area contributed by atoms with Crippen LogP contribution in [0.15, 0.2) is 30.6 Å². The van der Waals surface area contributed by atoms with Gasteiger partial charge in [-0.05, 0) is 42.9 Å². The molecule has 1 spiro atoms. The van der Waals surface area contributed by atoms with E-state index >= 15 is 0 Å². The second kappa shape index (κ2) is 7.07. The third-order valence-electron chi connectivity index (χ3n) is 6.85. The minimum absolute atomic E-state index is 0.0118. The molecule has 2 N–H and O–H groups in total. The van der Waals surface area contributed by atoms with Crippen molar-refractivity contribution in [2.45, 2.75) is 25.4 Å². The zero-order valence-corrected chi connectivity index (χ0v) is 18.0. The highest BCUT2D eigenvalue weighted by atomic mass is 16.6. The van der Waals surface area contributed by atoms with Crippen LogP contribution in [-0.4, -0.2) is 62.0 Å². The van der Waals surface area contributed by atoms with E-state index in [2.05, 4.69) is 35.9 Å². The average Bonchev–Trinajstić information content (AvgIpc) is 3.72. The third kappa shape index (κ3) is 3.15. The Balaban J connectivity index is 1.27. The molecule has 4 aromatic rings. The van der Waals surface area contributed by atoms with Crippen molar-refractivity contribution < 1.29 is 18.4 Å². The summed E-state index contributed by atoms with van der Waals surface area (Å²) >= 11 is 0. The maximum absolute atomic E-state index is 12.7. The standard InChI is InChI=1S/C23H22N8O3/c1-24-21-19-14(6-17(28-29-19)26-22(32)16-7-23(16)4-5-23)15(8-25-21)20-27-18-3-2-12(9-31(18)30-20)34-13-10-33-11-13/h2-3,6,8-9,13,16H,4-5,7,10-11H2,1H3,(H,24,25)(H,26,28,32)/t16-/m0/s1/i1D3. The number of fused-ring (bicyclic) bond motifs is 2. The monoisotopic (exact) mass is 461 g/mol. The minimum Gasteiger partial charge on any atom is -0.484 e. The van der Waals surface area contributed by atoms with Crippen LogP contribution in [0.2, 0.25) is 0 Å². The fourth-order valence-electron chi connectivity index (χ4n) is 4.53. The topological polar surface area (TPSA) is 128 Å². The number of carbonyl (C=O) groups excluding carboxylic acids is 1. The van der Waals surface area contributed by atoms with Crippen LogP contribution >= 0.6 is 0 Å². The molecule has 0 unspecified atom stereocenters. The van der Waals surface area contributed by atoms with Crippen LogP contribution in [0.1, 0.15) is 23.4 Å². The van der Waals surface area contributed by atoms with Gasteiger partial charge in [-0.2, -0.15) is 0 Å². The summed E-state index contributed by atoms with van der Waals surface area (Å²) in [6.45, 7) is -1.38. The van der Waals surface area contributed by atoms with E-state index in [0.717, 1.165) is 19.3 Å². The molecule has 1 saturated heterocycles. The Hall–Kier alpha value is -3.86. The highest BCUT2D eigenvalue weighted by molar-refractivity contribution is 6.01. The number of carbonyl (C=O) groups is 1. The molecule has 2 saturated carbocycles. The zero-order valence-electron chi connectivity index (χ0n) is 21.0. The van der Waals surface area contributed by atoms with Crippen molar-refractivity contribution in [1.82, 2.24) is 29.8 Å². The second-order valence-electron chi connectivity index (χ2n) is 9.13. The smallest absolute Gasteiger partial charge is 0.229 e. The van der Waals surface area contributed by atoms with Gasteiger partial charge < -0.3 is 20.1 Å². The van der Waals surface area contributed by atoms with E-state index < -0.39 is 6.98 Å². The van der Waals surface area contributed by atoms with Crippen LogP contribution in [0, 0.1) is 11.3 Å². The Morgan fingerprint density at radius 2 is 2.24 bits per heavy atom. The van der Waals surface area contributed by atoms with E-state index in [1.807, 2.05) is 6.07 Å². The summed E-state index contributed by atoms with van der Waals surface area (Å²) in [4.78, 5) is 21.6. The highest BCUT2D eigenvalue weighted by Gasteiger charge is 2.65. The van der Waals surface area contributed by atoms with E-state index in [4.69, 9.17) is 13.6 Å². The number of hydrogen-bond donors (Lipinski definition) is 2. The van der Waals surface area contributed by atoms with Crippen molar-refractivity contribution in [2.75, 3.05) is 30.8 Å². The zero-order chi connectivity index (χ0) is 25.4. The summed E-state index contributed by atoms with van der Waals surface area (Å²) in [5, 5.41) is 18.7. The molecule has 34 heavy (non-hydrogen) atoms. The number of ether oxygens (including phenoxy) is 2. The SMILES string of the molecule is [2H]C([2H])([2H])Nc1ncc(-c2nc3ccc(OC4COC4)cn3n2)c2cc(NC(=O)[C@@H]3CC34CC4)nnc12. The molecular formula is C23H22N8O3. The molecule has 4 aromatic heterocycles. The van der Waals surface area contributed by atoms with Gasteiger partial charge in [0.2, 0.25) is 5.91 Å². The molecule has 3 aliphatic rings. The van der Waals surface area contributed by atoms with Crippen molar-refractivity contribution in [3.8, 4) is 17.1 Å². The first-order valence-electron chi connectivity index (χ1n) is 12.6. The van der Waals surface area contributed by atoms with E-state index in [1.54, 1.807) is 22.8 Å². The first-order valence-corrected chi connectivity index (χ1v) is 11.1. The van der Waals surface area contributed by atoms with Gasteiger partial charge in [-0.25, -0.2) is 14.5 Å². The largest absolute Gasteiger partial charge is 0.484 e. The van der Waals surface area contributed by atoms with Crippen molar-refractivity contribution in [3.05, 3.63) is 30.6 Å². The molecule has 1 amide bonds. The van der Waals surface area contributed by atoms with Crippen molar-refractivity contribution in [2.24, 2.45) is 11.3 Å². The molecule has 3 fully saturated rings. The number of nitrogens with zero attached hydrogens (tertiary/aromatic N) is 6. The summed E-state index contributed by atoms with van der Waals surface area (Å²) in [7, 11) is 0. The van der Waals surface area contributed by atoms with Crippen LogP contribution in [0.3, 0.4) is 0 Å². The maximum atomic E-state index is 12.7. The van der Waals surface area contributed by atoms with Gasteiger partial charge in [0.25, 0.3) is 0 Å². The predicted molar refractivity (Wildman–Crippen MR) is 122 cm³/mol. The van der Waals surface area contributed by atoms with Gasteiger partial charge in [0.1, 0.15) is 17.4 Å². The van der Waals surface area contributed by atoms with E-state index in [0.29, 0.717) is 41.4 Å². The molecule has 0 radical (unpaired) electrons. The molecule has 7 rings (SSSR count). The van der Waals surface area contributed by atoms with Crippen molar-refractivity contribution >= 4 is 34.1 Å². The molecule has 11 heteroatoms. The van der Waals surface area contributed by atoms with Crippen LogP contribution in [0.4, 0.5) is 11.6 Å². The average molecular weight is 462 g/mol. The molecule has 1 atom stereocenters. The van der Waals surface area contributed by atoms with E-state index in [1.165, 1.54) is 6.20 Å². The third-order valence-corrected chi connectivity index (χ3v) is 6.85. The second-order valence-corrected chi connectivity index (χ2v) is 9.13. The lowest BCUT2D eigenvalue weighted by atomic mass is 10.1. The molecular weight excluding hydrogens is 436 g/mol. The Kier molecular flexibility index (Phi) is 3.47. The number of hydrogen-bond acceptors (Lipinski definition) is 9. The van der Waals surface area contributed by atoms with Gasteiger partial charge >= 0.3 is 0 Å². The predicted octanol–water partition coefficient (Wildman–Crippen LogP) is 2.29. The number of aromatic nitrogens is 6. The van der Waals surface area contributed by atoms with Crippen LogP contribution in [-0.2, 0) is 9.53 Å². The molecule has 5 heterocycles. The van der Waals surface area contributed by atoms with E-state index in [-0.39, 0.29) is 40.5 Å². The molecule has 1 aliphatic heterocycles. The van der Waals surface area contributed by atoms with E-state index in [9.17, 15) is 4.79 Å². The Labute approximate surface area is 198 Å². The van der Waals surface area contributed by atoms with Crippen molar-refractivity contribution in [3.63, 3.8) is 0 Å². The molecule has 2 aliphatic carbocycles. The minimum atomic E-state index is -2.48. The Morgan fingerprint density at radius 1 is 1.32 bits per heavy atom. The number of pyridine rings is 2. The fraction of sp³-hybridized carbons (Fsp3) is 0.391. The Bertz CT molecular complexity index is 1560. The lowest BCUT2D eigenvalue weighted by Gasteiger charge is -2.26. The molecule has 0 bridgehead atoms. The number of nitrogens with one attached hydrogen (secondary N) is 2. The van der Waals surface area contributed by atoms with Crippen LogP contribution < -0.4 is 15.4 Å². The molecule has 172 valence electrons. The van der Waals surface area contributed by atoms with Crippen molar-refractivity contribution in [1.29, 1.82) is 0 Å². The number of anilines is 2. The van der Waals surface area contributed by atoms with Gasteiger partial charge in [0.05, 0.1) is 19.4 Å². The normalized spacial score (nSPS) is 22.0. The lowest BCUT2D eigenvalue weighted by molar-refractivity contribution is -0.117. The maximum Gasteiger partial charge on any atom is 0.229 e. The van der Waals surface area contributed by atoms with Crippen LogP contribution in [0.5, 0.6) is 5.75 Å². The van der Waals surface area contributed by atoms with Gasteiger partial charge in [-0.3, -0.25) is 4.79 Å². The van der Waals surface area contributed by atoms with Gasteiger partial charge in [0, 0.05) is 34.2 Å². The lowest BCUT2D eigenvalue weighted by Crippen LogP contribution is -2.38. The first-order chi connectivity index (χ1) is 17.8. The highest BCUT2D eigenvalue weighted by Crippen LogP contribution is 2.70. The summed E-state index contributed by atoms with van der Waals surface area (Å²) in [6.07, 6.45) is 6.34. The number of rotatable bonds is 6. The van der Waals surface area contributed by atoms with Crippen LogP contribution in [0.25, 0.3) is 27.9 Å². The first kappa shape index (κ1) is 16.7. The summed E-state index contributed by atoms with van der Waals surface area (Å²) in [5.41, 5.74) is 1.53. The van der Waals surface area contributed by atoms with Gasteiger partial charge in [-0.1, -0.05) is 0 Å². The number of amides is 1. The summed E-state index contributed by atoms with van der Waals surface area (Å²) < 4.78 is 35.4. The summed E-state index contributed by atoms with van der Waals surface area (Å²) in [6, 6.07) is 5.26. The quantitative estimate of drug-likeness (QED) is 0.444. The molecule has 0 aromatic carbocycles. The van der Waals surface area contributed by atoms with Gasteiger partial charge in [0.15, 0.2) is 23.1 Å². The molecule has 11 nitrogen and oxygen atoms in total.